The second-order valence-electron chi connectivity index (χ2n) is 6.10. The maximum Gasteiger partial charge on any atom is 4.00 e. The fourth-order valence-electron chi connectivity index (χ4n) is 3.59. The topological polar surface area (TPSA) is 0 Å². The molecule has 0 aliphatic heterocycles. The number of fused-ring (bicyclic) bond motifs is 1. The van der Waals surface area contributed by atoms with E-state index in [2.05, 4.69) is 74.2 Å². The molecule has 0 amide bonds. The monoisotopic (exact) mass is 406 g/mol. The number of halogens is 3. The zero-order valence-corrected chi connectivity index (χ0v) is 17.7. The molecular weight excluding hydrogens is 386 g/mol. The standard InChI is InChI=1S/C17H21Si.3ClH.Ti/c1-18(2,15-9-4-3-5-10-15)17-13-12-14-8-6-7-11-16(14)17;;;;/h3-11,13-14,16-17H,12H2,1-2H3;3*1H;/q-1;;;;+4/p-3. The Kier molecular flexibility index (Phi) is 11.7. The number of benzene rings is 1. The largest absolute Gasteiger partial charge is 4.00 e. The Morgan fingerprint density at radius 3 is 2.18 bits per heavy atom. The van der Waals surface area contributed by atoms with Crippen molar-refractivity contribution in [3.05, 3.63) is 61.1 Å². The van der Waals surface area contributed by atoms with Gasteiger partial charge in [-0.1, -0.05) is 72.9 Å². The van der Waals surface area contributed by atoms with Crippen LogP contribution in [0.2, 0.25) is 18.6 Å². The van der Waals surface area contributed by atoms with Crippen LogP contribution in [0, 0.1) is 18.3 Å². The van der Waals surface area contributed by atoms with Crippen LogP contribution in [0.1, 0.15) is 6.42 Å². The van der Waals surface area contributed by atoms with Gasteiger partial charge in [-0.3, -0.25) is 0 Å². The molecule has 0 heterocycles. The van der Waals surface area contributed by atoms with E-state index in [1.54, 1.807) is 5.19 Å². The first-order valence-corrected chi connectivity index (χ1v) is 10.0. The molecule has 1 saturated carbocycles. The minimum Gasteiger partial charge on any atom is -1.00 e. The summed E-state index contributed by atoms with van der Waals surface area (Å²) in [6.45, 7) is 5.05. The van der Waals surface area contributed by atoms with Crippen LogP contribution in [-0.2, 0) is 21.7 Å². The minimum absolute atomic E-state index is 0. The average Bonchev–Trinajstić information content (AvgIpc) is 2.84. The van der Waals surface area contributed by atoms with Gasteiger partial charge >= 0.3 is 21.7 Å². The van der Waals surface area contributed by atoms with Gasteiger partial charge in [0.25, 0.3) is 0 Å². The van der Waals surface area contributed by atoms with E-state index in [1.807, 2.05) is 0 Å². The zero-order chi connectivity index (χ0) is 12.6. The van der Waals surface area contributed by atoms with Crippen LogP contribution < -0.4 is 42.4 Å². The molecular formula is C17H21Cl3SiTi. The molecule has 118 valence electrons. The van der Waals surface area contributed by atoms with Gasteiger partial charge in [-0.25, -0.2) is 0 Å². The van der Waals surface area contributed by atoms with Gasteiger partial charge in [0, 0.05) is 0 Å². The Morgan fingerprint density at radius 2 is 1.55 bits per heavy atom. The molecule has 0 N–H and O–H groups in total. The van der Waals surface area contributed by atoms with Crippen molar-refractivity contribution in [3.8, 4) is 0 Å². The molecule has 0 radical (unpaired) electrons. The van der Waals surface area contributed by atoms with Crippen LogP contribution in [0.25, 0.3) is 0 Å². The van der Waals surface area contributed by atoms with E-state index >= 15 is 0 Å². The maximum absolute atomic E-state index is 2.61. The zero-order valence-electron chi connectivity index (χ0n) is 12.8. The van der Waals surface area contributed by atoms with E-state index in [0.29, 0.717) is 0 Å². The van der Waals surface area contributed by atoms with Gasteiger partial charge < -0.3 is 43.6 Å². The summed E-state index contributed by atoms with van der Waals surface area (Å²) in [5.74, 6) is 1.51. The molecule has 0 bridgehead atoms. The molecule has 2 aliphatic rings. The molecule has 1 fully saturated rings. The van der Waals surface area contributed by atoms with Crippen LogP contribution >= 0.6 is 0 Å². The Hall–Kier alpha value is 0.501. The third-order valence-corrected chi connectivity index (χ3v) is 8.83. The van der Waals surface area contributed by atoms with Crippen molar-refractivity contribution in [2.24, 2.45) is 11.8 Å². The van der Waals surface area contributed by atoms with E-state index in [1.165, 1.54) is 6.42 Å². The Labute approximate surface area is 169 Å². The third kappa shape index (κ3) is 4.75. The fraction of sp³-hybridized carbons (Fsp3) is 0.353. The summed E-state index contributed by atoms with van der Waals surface area (Å²) < 4.78 is 0. The van der Waals surface area contributed by atoms with Crippen LogP contribution in [0.5, 0.6) is 0 Å². The molecule has 0 spiro atoms. The van der Waals surface area contributed by atoms with Gasteiger partial charge in [0.1, 0.15) is 0 Å². The van der Waals surface area contributed by atoms with Crippen LogP contribution in [0.3, 0.4) is 0 Å². The van der Waals surface area contributed by atoms with E-state index < -0.39 is 8.07 Å². The van der Waals surface area contributed by atoms with E-state index in [-0.39, 0.29) is 58.9 Å². The number of hydrogen-bond donors (Lipinski definition) is 0. The molecule has 22 heavy (non-hydrogen) atoms. The summed E-state index contributed by atoms with van der Waals surface area (Å²) in [6, 6.07) is 11.2. The average molecular weight is 408 g/mol. The first-order valence-electron chi connectivity index (χ1n) is 6.93. The summed E-state index contributed by atoms with van der Waals surface area (Å²) in [7, 11) is -1.40. The molecule has 3 unspecified atom stereocenters. The molecule has 3 rings (SSSR count). The summed E-state index contributed by atoms with van der Waals surface area (Å²) in [5, 5.41) is 1.59. The predicted molar refractivity (Wildman–Crippen MR) is 81.5 cm³/mol. The maximum atomic E-state index is 2.61. The Balaban J connectivity index is 0. The molecule has 1 aromatic rings. The van der Waals surface area contributed by atoms with Gasteiger partial charge in [-0.05, 0) is 11.8 Å². The van der Waals surface area contributed by atoms with Crippen LogP contribution in [-0.4, -0.2) is 8.07 Å². The van der Waals surface area contributed by atoms with Crippen LogP contribution in [0.15, 0.2) is 54.6 Å². The molecule has 3 atom stereocenters. The summed E-state index contributed by atoms with van der Waals surface area (Å²) in [5.41, 5.74) is 0.783. The minimum atomic E-state index is -1.40. The number of rotatable bonds is 2. The predicted octanol–water partition coefficient (Wildman–Crippen LogP) is -5.05. The molecule has 0 nitrogen and oxygen atoms in total. The second-order valence-corrected chi connectivity index (χ2v) is 10.8. The van der Waals surface area contributed by atoms with Crippen molar-refractivity contribution >= 4 is 13.3 Å². The second kappa shape index (κ2) is 10.4. The van der Waals surface area contributed by atoms with E-state index in [4.69, 9.17) is 0 Å². The SMILES string of the molecule is C[Si](C)(c1ccccc1)C1[CH-]CC2C=CC=CC21.[Cl-].[Cl-].[Cl-].[Ti+4]. The number of allylic oxidation sites excluding steroid dienone is 4. The number of hydrogen-bond acceptors (Lipinski definition) is 0. The summed E-state index contributed by atoms with van der Waals surface area (Å²) in [6.07, 6.45) is 13.2. The van der Waals surface area contributed by atoms with Crippen molar-refractivity contribution in [3.63, 3.8) is 0 Å². The van der Waals surface area contributed by atoms with Gasteiger partial charge in [-0.15, -0.1) is 0 Å². The van der Waals surface area contributed by atoms with Gasteiger partial charge in [0.2, 0.25) is 0 Å². The quantitative estimate of drug-likeness (QED) is 0.340. The van der Waals surface area contributed by atoms with Crippen molar-refractivity contribution in [2.45, 2.75) is 25.1 Å². The first kappa shape index (κ1) is 24.7. The molecule has 1 aromatic carbocycles. The van der Waals surface area contributed by atoms with Gasteiger partial charge in [0.15, 0.2) is 0 Å². The summed E-state index contributed by atoms with van der Waals surface area (Å²) in [4.78, 5) is 0. The van der Waals surface area contributed by atoms with E-state index in [0.717, 1.165) is 17.4 Å². The van der Waals surface area contributed by atoms with Crippen molar-refractivity contribution in [1.29, 1.82) is 0 Å². The van der Waals surface area contributed by atoms with Gasteiger partial charge in [-0.2, -0.15) is 12.0 Å². The first-order chi connectivity index (χ1) is 8.69. The molecule has 0 aromatic heterocycles. The van der Waals surface area contributed by atoms with Crippen LogP contribution in [0.4, 0.5) is 0 Å². The van der Waals surface area contributed by atoms with E-state index in [9.17, 15) is 0 Å². The van der Waals surface area contributed by atoms with Crippen molar-refractivity contribution in [1.82, 2.24) is 0 Å². The smallest absolute Gasteiger partial charge is 1.00 e. The molecule has 2 aliphatic carbocycles. The summed E-state index contributed by atoms with van der Waals surface area (Å²) >= 11 is 0. The third-order valence-electron chi connectivity index (χ3n) is 4.73. The molecule has 0 saturated heterocycles. The molecule has 5 heteroatoms. The Morgan fingerprint density at radius 1 is 0.955 bits per heavy atom. The van der Waals surface area contributed by atoms with Crippen molar-refractivity contribution in [2.75, 3.05) is 0 Å². The normalized spacial score (nSPS) is 24.9. The van der Waals surface area contributed by atoms with Gasteiger partial charge in [0.05, 0.1) is 8.07 Å². The fourth-order valence-corrected chi connectivity index (χ4v) is 7.07. The van der Waals surface area contributed by atoms with Crippen molar-refractivity contribution < 1.29 is 58.9 Å². The Bertz CT molecular complexity index is 488.